The van der Waals surface area contributed by atoms with Gasteiger partial charge in [-0.05, 0) is 11.6 Å². The van der Waals surface area contributed by atoms with Crippen molar-refractivity contribution in [2.24, 2.45) is 5.92 Å². The molecule has 0 aromatic heterocycles. The summed E-state index contributed by atoms with van der Waals surface area (Å²) in [5.41, 5.74) is 0.231. The summed E-state index contributed by atoms with van der Waals surface area (Å²) < 4.78 is 39.4. The van der Waals surface area contributed by atoms with E-state index in [1.807, 2.05) is 5.32 Å². The summed E-state index contributed by atoms with van der Waals surface area (Å²) >= 11 is 3.14. The molecule has 1 aromatic rings. The number of carbonyl (C=O) groups excluding carboxylic acids is 2. The van der Waals surface area contributed by atoms with Crippen molar-refractivity contribution in [1.29, 1.82) is 0 Å². The lowest BCUT2D eigenvalue weighted by molar-refractivity contribution is -0.191. The molecule has 2 rings (SSSR count). The topological polar surface area (TPSA) is 46.2 Å². The molecule has 1 saturated heterocycles. The van der Waals surface area contributed by atoms with Crippen LogP contribution in [0.15, 0.2) is 28.7 Å². The standard InChI is InChI=1S/C12H9BrF3NO2/c13-8-4-2-1-3-6(8)10-7(12(14,15)16)5-9(18)17-11(10)19/h1-4,7,10H,5H2,(H,17,18,19). The van der Waals surface area contributed by atoms with E-state index >= 15 is 0 Å². The highest BCUT2D eigenvalue weighted by atomic mass is 79.9. The molecule has 0 radical (unpaired) electrons. The molecule has 19 heavy (non-hydrogen) atoms. The van der Waals surface area contributed by atoms with Crippen molar-refractivity contribution in [2.75, 3.05) is 0 Å². The zero-order valence-corrected chi connectivity index (χ0v) is 11.1. The molecule has 1 N–H and O–H groups in total. The molecule has 1 aliphatic rings. The van der Waals surface area contributed by atoms with Gasteiger partial charge in [0.15, 0.2) is 0 Å². The minimum absolute atomic E-state index is 0.231. The molecule has 1 heterocycles. The zero-order valence-electron chi connectivity index (χ0n) is 9.50. The second-order valence-electron chi connectivity index (χ2n) is 4.26. The number of halogens is 4. The van der Waals surface area contributed by atoms with Gasteiger partial charge in [-0.1, -0.05) is 34.1 Å². The molecular formula is C12H9BrF3NO2. The van der Waals surface area contributed by atoms with Crippen molar-refractivity contribution in [2.45, 2.75) is 18.5 Å². The van der Waals surface area contributed by atoms with Crippen LogP contribution in [0.5, 0.6) is 0 Å². The predicted octanol–water partition coefficient (Wildman–Crippen LogP) is 2.76. The first-order chi connectivity index (χ1) is 8.80. The Hall–Kier alpha value is -1.37. The number of hydrogen-bond donors (Lipinski definition) is 1. The van der Waals surface area contributed by atoms with Crippen LogP contribution in [0.3, 0.4) is 0 Å². The van der Waals surface area contributed by atoms with Gasteiger partial charge in [0.2, 0.25) is 11.8 Å². The maximum Gasteiger partial charge on any atom is 0.393 e. The van der Waals surface area contributed by atoms with Crippen LogP contribution in [0, 0.1) is 5.92 Å². The quantitative estimate of drug-likeness (QED) is 0.802. The van der Waals surface area contributed by atoms with E-state index in [-0.39, 0.29) is 5.56 Å². The summed E-state index contributed by atoms with van der Waals surface area (Å²) in [5, 5.41) is 1.96. The monoisotopic (exact) mass is 335 g/mol. The maximum atomic E-state index is 13.0. The van der Waals surface area contributed by atoms with Gasteiger partial charge in [-0.3, -0.25) is 14.9 Å². The fourth-order valence-corrected chi connectivity index (χ4v) is 2.69. The van der Waals surface area contributed by atoms with Gasteiger partial charge >= 0.3 is 6.18 Å². The molecule has 0 saturated carbocycles. The Balaban J connectivity index is 2.47. The predicted molar refractivity (Wildman–Crippen MR) is 64.2 cm³/mol. The van der Waals surface area contributed by atoms with Crippen LogP contribution in [0.4, 0.5) is 13.2 Å². The molecule has 0 bridgehead atoms. The van der Waals surface area contributed by atoms with Gasteiger partial charge in [0.05, 0.1) is 11.8 Å². The van der Waals surface area contributed by atoms with Crippen molar-refractivity contribution in [3.63, 3.8) is 0 Å². The highest BCUT2D eigenvalue weighted by Crippen LogP contribution is 2.43. The van der Waals surface area contributed by atoms with E-state index in [0.29, 0.717) is 4.47 Å². The average Bonchev–Trinajstić information content (AvgIpc) is 2.28. The van der Waals surface area contributed by atoms with Crippen molar-refractivity contribution < 1.29 is 22.8 Å². The molecule has 1 fully saturated rings. The fraction of sp³-hybridized carbons (Fsp3) is 0.333. The lowest BCUT2D eigenvalue weighted by Gasteiger charge is -2.32. The largest absolute Gasteiger partial charge is 0.393 e. The Morgan fingerprint density at radius 3 is 2.42 bits per heavy atom. The molecule has 3 nitrogen and oxygen atoms in total. The Kier molecular flexibility index (Phi) is 3.66. The summed E-state index contributed by atoms with van der Waals surface area (Å²) in [6, 6.07) is 6.20. The number of carbonyl (C=O) groups is 2. The number of alkyl halides is 3. The van der Waals surface area contributed by atoms with Gasteiger partial charge in [0, 0.05) is 10.9 Å². The van der Waals surface area contributed by atoms with Gasteiger partial charge in [-0.2, -0.15) is 13.2 Å². The smallest absolute Gasteiger partial charge is 0.296 e. The van der Waals surface area contributed by atoms with E-state index in [2.05, 4.69) is 15.9 Å². The Bertz CT molecular complexity index is 530. The zero-order chi connectivity index (χ0) is 14.2. The summed E-state index contributed by atoms with van der Waals surface area (Å²) in [6.45, 7) is 0. The first kappa shape index (κ1) is 14.0. The van der Waals surface area contributed by atoms with Crippen LogP contribution in [-0.4, -0.2) is 18.0 Å². The molecule has 0 spiro atoms. The Morgan fingerprint density at radius 2 is 1.84 bits per heavy atom. The van der Waals surface area contributed by atoms with Crippen LogP contribution < -0.4 is 5.32 Å². The number of benzene rings is 1. The van der Waals surface area contributed by atoms with Gasteiger partial charge in [0.1, 0.15) is 0 Å². The third-order valence-corrected chi connectivity index (χ3v) is 3.74. The summed E-state index contributed by atoms with van der Waals surface area (Å²) in [4.78, 5) is 22.9. The highest BCUT2D eigenvalue weighted by Gasteiger charge is 2.52. The van der Waals surface area contributed by atoms with Crippen LogP contribution in [0.2, 0.25) is 0 Å². The number of hydrogen-bond acceptors (Lipinski definition) is 2. The minimum Gasteiger partial charge on any atom is -0.296 e. The number of piperidine rings is 1. The second kappa shape index (κ2) is 4.96. The van der Waals surface area contributed by atoms with Crippen molar-refractivity contribution in [3.05, 3.63) is 34.3 Å². The molecule has 0 aliphatic carbocycles. The highest BCUT2D eigenvalue weighted by molar-refractivity contribution is 9.10. The number of imide groups is 1. The number of nitrogens with one attached hydrogen (secondary N) is 1. The van der Waals surface area contributed by atoms with Gasteiger partial charge in [-0.25, -0.2) is 0 Å². The van der Waals surface area contributed by atoms with Crippen molar-refractivity contribution in [1.82, 2.24) is 5.32 Å². The average molecular weight is 336 g/mol. The summed E-state index contributed by atoms with van der Waals surface area (Å²) in [5.74, 6) is -5.21. The van der Waals surface area contributed by atoms with Gasteiger partial charge < -0.3 is 0 Å². The van der Waals surface area contributed by atoms with Crippen LogP contribution in [0.1, 0.15) is 17.9 Å². The first-order valence-corrected chi connectivity index (χ1v) is 6.25. The normalized spacial score (nSPS) is 24.2. The van der Waals surface area contributed by atoms with Crippen molar-refractivity contribution in [3.8, 4) is 0 Å². The lowest BCUT2D eigenvalue weighted by atomic mass is 9.80. The minimum atomic E-state index is -4.60. The molecule has 7 heteroatoms. The van der Waals surface area contributed by atoms with Gasteiger partial charge in [0.25, 0.3) is 0 Å². The second-order valence-corrected chi connectivity index (χ2v) is 5.12. The number of rotatable bonds is 1. The van der Waals surface area contributed by atoms with E-state index in [4.69, 9.17) is 0 Å². The molecule has 2 unspecified atom stereocenters. The fourth-order valence-electron chi connectivity index (χ4n) is 2.16. The number of amides is 2. The van der Waals surface area contributed by atoms with E-state index < -0.39 is 36.2 Å². The van der Waals surface area contributed by atoms with E-state index in [1.165, 1.54) is 6.07 Å². The van der Waals surface area contributed by atoms with Crippen LogP contribution >= 0.6 is 15.9 Å². The Morgan fingerprint density at radius 1 is 1.21 bits per heavy atom. The van der Waals surface area contributed by atoms with E-state index in [0.717, 1.165) is 0 Å². The van der Waals surface area contributed by atoms with Gasteiger partial charge in [-0.15, -0.1) is 0 Å². The van der Waals surface area contributed by atoms with E-state index in [9.17, 15) is 22.8 Å². The lowest BCUT2D eigenvalue weighted by Crippen LogP contribution is -2.49. The molecule has 102 valence electrons. The molecular weight excluding hydrogens is 327 g/mol. The SMILES string of the molecule is O=C1CC(C(F)(F)F)C(c2ccccc2Br)C(=O)N1. The van der Waals surface area contributed by atoms with Crippen LogP contribution in [-0.2, 0) is 9.59 Å². The maximum absolute atomic E-state index is 13.0. The van der Waals surface area contributed by atoms with Crippen LogP contribution in [0.25, 0.3) is 0 Å². The van der Waals surface area contributed by atoms with Crippen molar-refractivity contribution >= 4 is 27.7 Å². The first-order valence-electron chi connectivity index (χ1n) is 5.45. The molecule has 1 aliphatic heterocycles. The molecule has 2 atom stereocenters. The molecule has 1 aromatic carbocycles. The Labute approximate surface area is 115 Å². The van der Waals surface area contributed by atoms with E-state index in [1.54, 1.807) is 18.2 Å². The third kappa shape index (κ3) is 2.80. The third-order valence-electron chi connectivity index (χ3n) is 3.01. The molecule has 2 amide bonds. The summed E-state index contributed by atoms with van der Waals surface area (Å²) in [7, 11) is 0. The summed E-state index contributed by atoms with van der Waals surface area (Å²) in [6.07, 6.45) is -5.34.